The van der Waals surface area contributed by atoms with Crippen molar-refractivity contribution in [1.82, 2.24) is 9.97 Å². The topological polar surface area (TPSA) is 25.8 Å². The molecular weight excluding hydrogens is 352 g/mol. The second-order valence-electron chi connectivity index (χ2n) is 11.9. The predicted octanol–water partition coefficient (Wildman–Crippen LogP) is 6.87. The molecule has 0 spiro atoms. The summed E-state index contributed by atoms with van der Waals surface area (Å²) in [5, 5.41) is 0. The zero-order chi connectivity index (χ0) is 20.2. The van der Waals surface area contributed by atoms with Gasteiger partial charge in [-0.25, -0.2) is 0 Å². The van der Waals surface area contributed by atoms with E-state index in [-0.39, 0.29) is 0 Å². The van der Waals surface area contributed by atoms with Gasteiger partial charge in [-0.3, -0.25) is 9.97 Å². The molecule has 0 aliphatic heterocycles. The highest BCUT2D eigenvalue weighted by Gasteiger charge is 2.57. The van der Waals surface area contributed by atoms with E-state index < -0.39 is 0 Å². The maximum absolute atomic E-state index is 4.67. The summed E-state index contributed by atoms with van der Waals surface area (Å²) in [6.45, 7) is 9.73. The van der Waals surface area contributed by atoms with Crippen LogP contribution in [-0.4, -0.2) is 9.97 Å². The van der Waals surface area contributed by atoms with E-state index in [1.54, 1.807) is 19.3 Å². The Hall–Kier alpha value is -0.920. The molecule has 0 saturated heterocycles. The molecule has 0 aromatic carbocycles. The lowest BCUT2D eigenvalue weighted by Crippen LogP contribution is -2.49. The van der Waals surface area contributed by atoms with Crippen molar-refractivity contribution in [3.8, 4) is 0 Å². The highest BCUT2D eigenvalue weighted by atomic mass is 14.8. The first-order valence-corrected chi connectivity index (χ1v) is 12.7. The molecule has 4 saturated carbocycles. The van der Waals surface area contributed by atoms with Crippen molar-refractivity contribution in [2.24, 2.45) is 52.8 Å². The molecule has 4 aliphatic carbocycles. The summed E-state index contributed by atoms with van der Waals surface area (Å²) < 4.78 is 0. The molecule has 160 valence electrons. The molecule has 5 rings (SSSR count). The van der Waals surface area contributed by atoms with Gasteiger partial charge in [0.1, 0.15) is 0 Å². The van der Waals surface area contributed by atoms with Crippen LogP contribution in [0, 0.1) is 59.7 Å². The maximum Gasteiger partial charge on any atom is 0.0589 e. The minimum absolute atomic E-state index is 0.577. The second kappa shape index (κ2) is 7.65. The molecule has 0 amide bonds. The van der Waals surface area contributed by atoms with E-state index in [4.69, 9.17) is 0 Å². The lowest BCUT2D eigenvalue weighted by molar-refractivity contribution is -0.0728. The van der Waals surface area contributed by atoms with E-state index in [1.165, 1.54) is 44.2 Å². The molecule has 0 radical (unpaired) electrons. The third-order valence-electron chi connectivity index (χ3n) is 10.3. The number of hydrogen-bond donors (Lipinski definition) is 0. The normalized spacial score (nSPS) is 45.2. The van der Waals surface area contributed by atoms with Gasteiger partial charge in [-0.15, -0.1) is 0 Å². The number of fused-ring (bicyclic) bond motifs is 5. The third-order valence-corrected chi connectivity index (χ3v) is 10.3. The fourth-order valence-corrected chi connectivity index (χ4v) is 9.06. The standard InChI is InChI=1S/C27H42N2/c1-17-5-7-22-20(13-17)6-8-24-23(22)11-12-27(4)25(9-10-26(24)27)18(2)14-21-16-28-19(3)15-29-21/h15-18,20,22-26H,5-14H2,1-4H3/t17-,18-,20+,22-,23?,24+,25?,26?,27+/m0/s1. The molecule has 2 heteroatoms. The van der Waals surface area contributed by atoms with Crippen LogP contribution in [0.25, 0.3) is 0 Å². The number of aryl methyl sites for hydroxylation is 1. The van der Waals surface area contributed by atoms with Crippen molar-refractivity contribution in [3.63, 3.8) is 0 Å². The molecule has 1 aromatic heterocycles. The van der Waals surface area contributed by atoms with Gasteiger partial charge in [0.2, 0.25) is 0 Å². The predicted molar refractivity (Wildman–Crippen MR) is 119 cm³/mol. The zero-order valence-electron chi connectivity index (χ0n) is 19.2. The van der Waals surface area contributed by atoms with Crippen molar-refractivity contribution in [2.75, 3.05) is 0 Å². The Labute approximate surface area is 178 Å². The average Bonchev–Trinajstić information content (AvgIpc) is 3.06. The van der Waals surface area contributed by atoms with E-state index in [1.807, 2.05) is 19.3 Å². The summed E-state index contributed by atoms with van der Waals surface area (Å²) in [6.07, 6.45) is 18.7. The van der Waals surface area contributed by atoms with Gasteiger partial charge in [0, 0.05) is 12.4 Å². The summed E-state index contributed by atoms with van der Waals surface area (Å²) in [7, 11) is 0. The largest absolute Gasteiger partial charge is 0.258 e. The lowest BCUT2D eigenvalue weighted by atomic mass is 9.48. The molecule has 1 aromatic rings. The third kappa shape index (κ3) is 3.47. The molecule has 29 heavy (non-hydrogen) atoms. The van der Waals surface area contributed by atoms with Crippen LogP contribution in [-0.2, 0) is 6.42 Å². The molecule has 4 fully saturated rings. The number of hydrogen-bond acceptors (Lipinski definition) is 2. The first-order chi connectivity index (χ1) is 14.0. The molecule has 9 atom stereocenters. The first kappa shape index (κ1) is 20.0. The van der Waals surface area contributed by atoms with Gasteiger partial charge in [0.25, 0.3) is 0 Å². The quantitative estimate of drug-likeness (QED) is 0.559. The van der Waals surface area contributed by atoms with Gasteiger partial charge in [-0.1, -0.05) is 27.2 Å². The molecule has 4 aliphatic rings. The molecule has 3 unspecified atom stereocenters. The van der Waals surface area contributed by atoms with E-state index in [2.05, 4.69) is 30.7 Å². The van der Waals surface area contributed by atoms with Crippen LogP contribution in [0.4, 0.5) is 0 Å². The Morgan fingerprint density at radius 1 is 0.966 bits per heavy atom. The number of aromatic nitrogens is 2. The monoisotopic (exact) mass is 394 g/mol. The van der Waals surface area contributed by atoms with Crippen LogP contribution in [0.15, 0.2) is 12.4 Å². The first-order valence-electron chi connectivity index (χ1n) is 12.7. The van der Waals surface area contributed by atoms with E-state index >= 15 is 0 Å². The second-order valence-corrected chi connectivity index (χ2v) is 11.9. The summed E-state index contributed by atoms with van der Waals surface area (Å²) >= 11 is 0. The highest BCUT2D eigenvalue weighted by Crippen LogP contribution is 2.65. The van der Waals surface area contributed by atoms with Crippen molar-refractivity contribution >= 4 is 0 Å². The van der Waals surface area contributed by atoms with Crippen molar-refractivity contribution < 1.29 is 0 Å². The summed E-state index contributed by atoms with van der Waals surface area (Å²) in [5.74, 6) is 7.85. The van der Waals surface area contributed by atoms with Crippen molar-refractivity contribution in [1.29, 1.82) is 0 Å². The summed E-state index contributed by atoms with van der Waals surface area (Å²) in [6, 6.07) is 0. The summed E-state index contributed by atoms with van der Waals surface area (Å²) in [5.41, 5.74) is 2.80. The minimum Gasteiger partial charge on any atom is -0.258 e. The van der Waals surface area contributed by atoms with Crippen LogP contribution in [0.5, 0.6) is 0 Å². The van der Waals surface area contributed by atoms with Crippen LogP contribution < -0.4 is 0 Å². The van der Waals surface area contributed by atoms with Crippen molar-refractivity contribution in [3.05, 3.63) is 23.8 Å². The summed E-state index contributed by atoms with van der Waals surface area (Å²) in [4.78, 5) is 9.16. The maximum atomic E-state index is 4.67. The molecule has 0 bridgehead atoms. The molecule has 2 nitrogen and oxygen atoms in total. The van der Waals surface area contributed by atoms with Gasteiger partial charge in [0.05, 0.1) is 11.4 Å². The van der Waals surface area contributed by atoms with Crippen LogP contribution in [0.2, 0.25) is 0 Å². The van der Waals surface area contributed by atoms with Crippen LogP contribution >= 0.6 is 0 Å². The van der Waals surface area contributed by atoms with Crippen LogP contribution in [0.1, 0.15) is 89.9 Å². The van der Waals surface area contributed by atoms with E-state index in [0.717, 1.165) is 59.5 Å². The average molecular weight is 395 g/mol. The minimum atomic E-state index is 0.577. The fourth-order valence-electron chi connectivity index (χ4n) is 9.06. The smallest absolute Gasteiger partial charge is 0.0589 e. The number of nitrogens with zero attached hydrogens (tertiary/aromatic N) is 2. The molecular formula is C27H42N2. The zero-order valence-corrected chi connectivity index (χ0v) is 19.2. The van der Waals surface area contributed by atoms with Crippen molar-refractivity contribution in [2.45, 2.75) is 91.9 Å². The number of rotatable bonds is 3. The SMILES string of the molecule is Cc1cnc(C[C@H](C)C2CCC3[C@@H]4CC[C@@H]5C[C@@H](C)CC[C@@H]5C4CC[C@@]32C)cn1. The Morgan fingerprint density at radius 3 is 2.59 bits per heavy atom. The Kier molecular flexibility index (Phi) is 5.28. The lowest BCUT2D eigenvalue weighted by Gasteiger charge is -2.56. The molecule has 0 N–H and O–H groups in total. The van der Waals surface area contributed by atoms with Gasteiger partial charge in [-0.05, 0) is 117 Å². The van der Waals surface area contributed by atoms with E-state index in [0.29, 0.717) is 5.41 Å². The fraction of sp³-hybridized carbons (Fsp3) is 0.852. The van der Waals surface area contributed by atoms with Gasteiger partial charge in [0.15, 0.2) is 0 Å². The highest BCUT2D eigenvalue weighted by molar-refractivity contribution is 5.08. The Balaban J connectivity index is 1.30. The Bertz CT molecular complexity index is 712. The van der Waals surface area contributed by atoms with Gasteiger partial charge >= 0.3 is 0 Å². The van der Waals surface area contributed by atoms with Gasteiger partial charge < -0.3 is 0 Å². The Morgan fingerprint density at radius 2 is 1.79 bits per heavy atom. The van der Waals surface area contributed by atoms with Crippen LogP contribution in [0.3, 0.4) is 0 Å². The van der Waals surface area contributed by atoms with Gasteiger partial charge in [-0.2, -0.15) is 0 Å². The van der Waals surface area contributed by atoms with E-state index in [9.17, 15) is 0 Å². The molecule has 1 heterocycles.